The molecule has 0 aliphatic heterocycles. The monoisotopic (exact) mass is 352 g/mol. The SMILES string of the molecule is COc1ccc2ccc(OC)c(/C=N\NC(=O)c3ccccc3F)c2c1. The highest BCUT2D eigenvalue weighted by atomic mass is 19.1. The van der Waals surface area contributed by atoms with Crippen LogP contribution in [0.1, 0.15) is 15.9 Å². The molecule has 0 saturated carbocycles. The van der Waals surface area contributed by atoms with Crippen LogP contribution in [0.25, 0.3) is 10.8 Å². The second-order valence-electron chi connectivity index (χ2n) is 5.45. The first-order valence-corrected chi connectivity index (χ1v) is 7.86. The summed E-state index contributed by atoms with van der Waals surface area (Å²) in [5, 5.41) is 5.78. The van der Waals surface area contributed by atoms with E-state index in [-0.39, 0.29) is 5.56 Å². The molecule has 0 heterocycles. The van der Waals surface area contributed by atoms with Gasteiger partial charge in [0.15, 0.2) is 0 Å². The zero-order valence-corrected chi connectivity index (χ0v) is 14.3. The molecule has 0 radical (unpaired) electrons. The van der Waals surface area contributed by atoms with Gasteiger partial charge in [0.05, 0.1) is 26.0 Å². The number of amides is 1. The largest absolute Gasteiger partial charge is 0.497 e. The van der Waals surface area contributed by atoms with Crippen molar-refractivity contribution in [2.45, 2.75) is 0 Å². The summed E-state index contributed by atoms with van der Waals surface area (Å²) in [6.07, 6.45) is 1.47. The maximum absolute atomic E-state index is 13.7. The van der Waals surface area contributed by atoms with E-state index in [1.54, 1.807) is 20.3 Å². The van der Waals surface area contributed by atoms with Crippen LogP contribution >= 0.6 is 0 Å². The van der Waals surface area contributed by atoms with Crippen LogP contribution in [0.2, 0.25) is 0 Å². The Kier molecular flexibility index (Phi) is 5.12. The molecule has 0 spiro atoms. The van der Waals surface area contributed by atoms with E-state index in [2.05, 4.69) is 10.5 Å². The van der Waals surface area contributed by atoms with Gasteiger partial charge in [-0.1, -0.05) is 24.3 Å². The van der Waals surface area contributed by atoms with Gasteiger partial charge in [-0.3, -0.25) is 4.79 Å². The van der Waals surface area contributed by atoms with E-state index in [1.807, 2.05) is 30.3 Å². The van der Waals surface area contributed by atoms with E-state index in [4.69, 9.17) is 9.47 Å². The zero-order chi connectivity index (χ0) is 18.5. The molecule has 0 unspecified atom stereocenters. The Labute approximate surface area is 150 Å². The Balaban J connectivity index is 1.93. The van der Waals surface area contributed by atoms with Crippen molar-refractivity contribution < 1.29 is 18.7 Å². The van der Waals surface area contributed by atoms with Crippen LogP contribution in [0.15, 0.2) is 59.7 Å². The highest BCUT2D eigenvalue weighted by Crippen LogP contribution is 2.29. The van der Waals surface area contributed by atoms with Gasteiger partial charge in [-0.2, -0.15) is 5.10 Å². The number of rotatable bonds is 5. The first kappa shape index (κ1) is 17.4. The lowest BCUT2D eigenvalue weighted by Gasteiger charge is -2.10. The number of methoxy groups -OCH3 is 2. The Morgan fingerprint density at radius 3 is 2.58 bits per heavy atom. The number of nitrogens with zero attached hydrogens (tertiary/aromatic N) is 1. The van der Waals surface area contributed by atoms with Crippen molar-refractivity contribution in [1.82, 2.24) is 5.43 Å². The van der Waals surface area contributed by atoms with Crippen molar-refractivity contribution in [1.29, 1.82) is 0 Å². The van der Waals surface area contributed by atoms with Gasteiger partial charge in [-0.05, 0) is 41.1 Å². The van der Waals surface area contributed by atoms with E-state index >= 15 is 0 Å². The maximum Gasteiger partial charge on any atom is 0.274 e. The number of carbonyl (C=O) groups excluding carboxylic acids is 1. The molecule has 6 heteroatoms. The first-order valence-electron chi connectivity index (χ1n) is 7.86. The van der Waals surface area contributed by atoms with Crippen LogP contribution in [0.3, 0.4) is 0 Å². The fourth-order valence-electron chi connectivity index (χ4n) is 2.60. The summed E-state index contributed by atoms with van der Waals surface area (Å²) in [6.45, 7) is 0. The van der Waals surface area contributed by atoms with Crippen molar-refractivity contribution in [3.8, 4) is 11.5 Å². The molecule has 0 aliphatic carbocycles. The summed E-state index contributed by atoms with van der Waals surface area (Å²) >= 11 is 0. The molecule has 0 aliphatic rings. The van der Waals surface area contributed by atoms with Crippen molar-refractivity contribution in [3.63, 3.8) is 0 Å². The number of hydrazone groups is 1. The van der Waals surface area contributed by atoms with Crippen LogP contribution < -0.4 is 14.9 Å². The minimum atomic E-state index is -0.629. The molecule has 0 saturated heterocycles. The molecule has 26 heavy (non-hydrogen) atoms. The van der Waals surface area contributed by atoms with Gasteiger partial charge < -0.3 is 9.47 Å². The topological polar surface area (TPSA) is 59.9 Å². The highest BCUT2D eigenvalue weighted by Gasteiger charge is 2.11. The summed E-state index contributed by atoms with van der Waals surface area (Å²) < 4.78 is 24.3. The molecule has 132 valence electrons. The van der Waals surface area contributed by atoms with Crippen molar-refractivity contribution in [3.05, 3.63) is 71.5 Å². The van der Waals surface area contributed by atoms with Crippen LogP contribution in [0.4, 0.5) is 4.39 Å². The number of hydrogen-bond donors (Lipinski definition) is 1. The standard InChI is InChI=1S/C20H17FN2O3/c1-25-14-9-7-13-8-10-19(26-2)17(16(13)11-14)12-22-23-20(24)15-5-3-4-6-18(15)21/h3-12H,1-2H3,(H,23,24)/b22-12-. The molecule has 1 N–H and O–H groups in total. The molecule has 1 amide bonds. The van der Waals surface area contributed by atoms with E-state index < -0.39 is 11.7 Å². The molecular weight excluding hydrogens is 335 g/mol. The Morgan fingerprint density at radius 1 is 1.08 bits per heavy atom. The first-order chi connectivity index (χ1) is 12.6. The Bertz CT molecular complexity index is 981. The number of benzene rings is 3. The van der Waals surface area contributed by atoms with Gasteiger partial charge in [-0.15, -0.1) is 0 Å². The Hall–Kier alpha value is -3.41. The summed E-state index contributed by atoms with van der Waals surface area (Å²) in [4.78, 5) is 12.1. The highest BCUT2D eigenvalue weighted by molar-refractivity contribution is 6.03. The van der Waals surface area contributed by atoms with Gasteiger partial charge in [0, 0.05) is 5.56 Å². The molecule has 5 nitrogen and oxygen atoms in total. The minimum absolute atomic E-state index is 0.0730. The van der Waals surface area contributed by atoms with Gasteiger partial charge in [-0.25, -0.2) is 9.82 Å². The molecule has 0 aromatic heterocycles. The summed E-state index contributed by atoms with van der Waals surface area (Å²) in [6, 6.07) is 15.1. The fourth-order valence-corrected chi connectivity index (χ4v) is 2.60. The fraction of sp³-hybridized carbons (Fsp3) is 0.100. The Morgan fingerprint density at radius 2 is 1.85 bits per heavy atom. The predicted octanol–water partition coefficient (Wildman–Crippen LogP) is 3.76. The number of fused-ring (bicyclic) bond motifs is 1. The van der Waals surface area contributed by atoms with E-state index in [0.717, 1.165) is 10.8 Å². The smallest absolute Gasteiger partial charge is 0.274 e. The number of nitrogens with one attached hydrogen (secondary N) is 1. The maximum atomic E-state index is 13.7. The summed E-state index contributed by atoms with van der Waals surface area (Å²) in [7, 11) is 3.14. The molecule has 0 atom stereocenters. The van der Waals surface area contributed by atoms with E-state index in [1.165, 1.54) is 24.4 Å². The molecular formula is C20H17FN2O3. The summed E-state index contributed by atoms with van der Waals surface area (Å²) in [5.74, 6) is 0.0502. The number of ether oxygens (including phenoxy) is 2. The molecule has 3 aromatic rings. The van der Waals surface area contributed by atoms with Gasteiger partial charge in [0.1, 0.15) is 17.3 Å². The quantitative estimate of drug-likeness (QED) is 0.562. The second-order valence-corrected chi connectivity index (χ2v) is 5.45. The lowest BCUT2D eigenvalue weighted by Crippen LogP contribution is -2.19. The van der Waals surface area contributed by atoms with Gasteiger partial charge in [0.25, 0.3) is 5.91 Å². The lowest BCUT2D eigenvalue weighted by atomic mass is 10.0. The van der Waals surface area contributed by atoms with Crippen LogP contribution in [0, 0.1) is 5.82 Å². The lowest BCUT2D eigenvalue weighted by molar-refractivity contribution is 0.0951. The third-order valence-electron chi connectivity index (χ3n) is 3.93. The van der Waals surface area contributed by atoms with Crippen LogP contribution in [-0.4, -0.2) is 26.3 Å². The van der Waals surface area contributed by atoms with Crippen molar-refractivity contribution in [2.24, 2.45) is 5.10 Å². The average Bonchev–Trinajstić information content (AvgIpc) is 2.67. The summed E-state index contributed by atoms with van der Waals surface area (Å²) in [5.41, 5.74) is 2.94. The number of hydrogen-bond acceptors (Lipinski definition) is 4. The van der Waals surface area contributed by atoms with E-state index in [9.17, 15) is 9.18 Å². The molecule has 3 aromatic carbocycles. The average molecular weight is 352 g/mol. The third-order valence-corrected chi connectivity index (χ3v) is 3.93. The zero-order valence-electron chi connectivity index (χ0n) is 14.3. The van der Waals surface area contributed by atoms with Gasteiger partial charge in [0.2, 0.25) is 0 Å². The van der Waals surface area contributed by atoms with Crippen LogP contribution in [0.5, 0.6) is 11.5 Å². The van der Waals surface area contributed by atoms with Crippen molar-refractivity contribution in [2.75, 3.05) is 14.2 Å². The molecule has 3 rings (SSSR count). The molecule has 0 fully saturated rings. The number of carbonyl (C=O) groups is 1. The van der Waals surface area contributed by atoms with Gasteiger partial charge >= 0.3 is 0 Å². The minimum Gasteiger partial charge on any atom is -0.497 e. The normalized spacial score (nSPS) is 10.9. The second kappa shape index (κ2) is 7.65. The third kappa shape index (κ3) is 3.49. The van der Waals surface area contributed by atoms with Crippen LogP contribution in [-0.2, 0) is 0 Å². The molecule has 0 bridgehead atoms. The predicted molar refractivity (Wildman–Crippen MR) is 98.5 cm³/mol. The van der Waals surface area contributed by atoms with E-state index in [0.29, 0.717) is 17.1 Å². The van der Waals surface area contributed by atoms with Crippen molar-refractivity contribution >= 4 is 22.9 Å². The number of halogens is 1.